The van der Waals surface area contributed by atoms with Crippen molar-refractivity contribution in [2.45, 2.75) is 31.3 Å². The number of benzene rings is 1. The fraction of sp³-hybridized carbons (Fsp3) is 0.462. The molecule has 0 amide bonds. The summed E-state index contributed by atoms with van der Waals surface area (Å²) in [5.74, 6) is 0.252. The van der Waals surface area contributed by atoms with Gasteiger partial charge < -0.3 is 9.47 Å². The molecule has 0 aliphatic carbocycles. The average molecular weight is 285 g/mol. The molecule has 1 rings (SSSR count). The lowest BCUT2D eigenvalue weighted by atomic mass is 10.2. The highest BCUT2D eigenvalue weighted by Crippen LogP contribution is 2.13. The molecular formula is C13H19NO4S. The summed E-state index contributed by atoms with van der Waals surface area (Å²) < 4.78 is 24.6. The number of hydrogen-bond donors (Lipinski definition) is 1. The first kappa shape index (κ1) is 15.7. The van der Waals surface area contributed by atoms with E-state index in [0.717, 1.165) is 0 Å². The van der Waals surface area contributed by atoms with Gasteiger partial charge in [0.2, 0.25) is 0 Å². The van der Waals surface area contributed by atoms with Gasteiger partial charge in [0.25, 0.3) is 0 Å². The number of nitrogens with one attached hydrogen (secondary N) is 1. The second-order valence-corrected chi connectivity index (χ2v) is 6.15. The van der Waals surface area contributed by atoms with Gasteiger partial charge in [0.05, 0.1) is 12.0 Å². The van der Waals surface area contributed by atoms with Crippen LogP contribution in [0.3, 0.4) is 0 Å². The zero-order valence-corrected chi connectivity index (χ0v) is 12.4. The lowest BCUT2D eigenvalue weighted by Gasteiger charge is -2.19. The lowest BCUT2D eigenvalue weighted by Crippen LogP contribution is -2.32. The van der Waals surface area contributed by atoms with E-state index in [0.29, 0.717) is 10.6 Å². The highest BCUT2D eigenvalue weighted by atomic mass is 32.2. The zero-order chi connectivity index (χ0) is 14.5. The summed E-state index contributed by atoms with van der Waals surface area (Å²) in [4.78, 5) is 12.0. The van der Waals surface area contributed by atoms with Crippen molar-refractivity contribution in [2.75, 3.05) is 13.7 Å². The molecule has 1 atom stereocenters. The van der Waals surface area contributed by atoms with Crippen molar-refractivity contribution >= 4 is 17.0 Å². The normalized spacial score (nSPS) is 12.8. The minimum absolute atomic E-state index is 0.101. The summed E-state index contributed by atoms with van der Waals surface area (Å²) in [5, 5.41) is 0. The molecule has 1 unspecified atom stereocenters. The third kappa shape index (κ3) is 5.85. The van der Waals surface area contributed by atoms with Crippen LogP contribution in [0, 0.1) is 0 Å². The van der Waals surface area contributed by atoms with E-state index in [4.69, 9.17) is 9.47 Å². The van der Waals surface area contributed by atoms with Crippen LogP contribution in [-0.2, 0) is 20.5 Å². The maximum Gasteiger partial charge on any atom is 0.321 e. The van der Waals surface area contributed by atoms with Crippen LogP contribution in [0.4, 0.5) is 0 Å². The van der Waals surface area contributed by atoms with Crippen LogP contribution >= 0.6 is 0 Å². The van der Waals surface area contributed by atoms with Gasteiger partial charge in [0, 0.05) is 0 Å². The Morgan fingerprint density at radius 3 is 2.32 bits per heavy atom. The van der Waals surface area contributed by atoms with Crippen molar-refractivity contribution in [1.82, 2.24) is 4.72 Å². The van der Waals surface area contributed by atoms with Gasteiger partial charge in [-0.1, -0.05) is 0 Å². The predicted octanol–water partition coefficient (Wildman–Crippen LogP) is 1.65. The number of rotatable bonds is 5. The highest BCUT2D eigenvalue weighted by molar-refractivity contribution is 7.83. The maximum atomic E-state index is 11.9. The minimum atomic E-state index is -1.45. The van der Waals surface area contributed by atoms with Gasteiger partial charge in [-0.15, -0.1) is 0 Å². The highest BCUT2D eigenvalue weighted by Gasteiger charge is 2.16. The van der Waals surface area contributed by atoms with E-state index in [1.54, 1.807) is 52.1 Å². The molecule has 106 valence electrons. The largest absolute Gasteiger partial charge is 0.497 e. The summed E-state index contributed by atoms with van der Waals surface area (Å²) in [5.41, 5.74) is -0.541. The second-order valence-electron chi connectivity index (χ2n) is 4.85. The number of carbonyl (C=O) groups excluding carboxylic acids is 1. The van der Waals surface area contributed by atoms with Gasteiger partial charge in [-0.3, -0.25) is 4.79 Å². The van der Waals surface area contributed by atoms with E-state index in [1.165, 1.54) is 0 Å². The fourth-order valence-electron chi connectivity index (χ4n) is 1.28. The molecule has 1 aromatic rings. The van der Waals surface area contributed by atoms with Crippen molar-refractivity contribution in [3.05, 3.63) is 24.3 Å². The minimum Gasteiger partial charge on any atom is -0.497 e. The van der Waals surface area contributed by atoms with E-state index in [-0.39, 0.29) is 6.54 Å². The average Bonchev–Trinajstić information content (AvgIpc) is 2.34. The summed E-state index contributed by atoms with van der Waals surface area (Å²) in [6, 6.07) is 6.78. The molecule has 0 aliphatic rings. The Hall–Kier alpha value is -1.40. The molecule has 0 aliphatic heterocycles. The van der Waals surface area contributed by atoms with Gasteiger partial charge in [-0.2, -0.15) is 0 Å². The molecular weight excluding hydrogens is 266 g/mol. The van der Waals surface area contributed by atoms with E-state index in [9.17, 15) is 9.00 Å². The third-order valence-corrected chi connectivity index (χ3v) is 3.15. The van der Waals surface area contributed by atoms with Gasteiger partial charge in [-0.25, -0.2) is 8.93 Å². The first-order chi connectivity index (χ1) is 8.81. The maximum absolute atomic E-state index is 11.9. The van der Waals surface area contributed by atoms with Crippen molar-refractivity contribution in [3.8, 4) is 5.75 Å². The quantitative estimate of drug-likeness (QED) is 0.835. The van der Waals surface area contributed by atoms with Crippen molar-refractivity contribution in [2.24, 2.45) is 0 Å². The van der Waals surface area contributed by atoms with Crippen molar-refractivity contribution < 1.29 is 18.5 Å². The summed E-state index contributed by atoms with van der Waals surface area (Å²) in [6.45, 7) is 5.25. The van der Waals surface area contributed by atoms with E-state index < -0.39 is 22.6 Å². The van der Waals surface area contributed by atoms with E-state index in [2.05, 4.69) is 4.72 Å². The second kappa shape index (κ2) is 6.68. The fourth-order valence-corrected chi connectivity index (χ4v) is 2.08. The summed E-state index contributed by atoms with van der Waals surface area (Å²) in [7, 11) is 0.113. The number of ether oxygens (including phenoxy) is 2. The first-order valence-corrected chi connectivity index (χ1v) is 6.98. The van der Waals surface area contributed by atoms with Crippen molar-refractivity contribution in [3.63, 3.8) is 0 Å². The Bertz CT molecular complexity index is 451. The zero-order valence-electron chi connectivity index (χ0n) is 11.6. The Labute approximate surface area is 115 Å². The molecule has 6 heteroatoms. The smallest absolute Gasteiger partial charge is 0.321 e. The molecule has 0 saturated heterocycles. The van der Waals surface area contributed by atoms with Crippen LogP contribution in [-0.4, -0.2) is 29.4 Å². The number of esters is 1. The van der Waals surface area contributed by atoms with Gasteiger partial charge in [0.1, 0.15) is 28.9 Å². The molecule has 1 N–H and O–H groups in total. The Balaban J connectivity index is 2.49. The first-order valence-electron chi connectivity index (χ1n) is 5.83. The Kier molecular flexibility index (Phi) is 5.50. The van der Waals surface area contributed by atoms with Crippen LogP contribution in [0.2, 0.25) is 0 Å². The van der Waals surface area contributed by atoms with Crippen molar-refractivity contribution in [1.29, 1.82) is 0 Å². The van der Waals surface area contributed by atoms with Crippen LogP contribution in [0.1, 0.15) is 20.8 Å². The Morgan fingerprint density at radius 2 is 1.84 bits per heavy atom. The standard InChI is InChI=1S/C13H19NO4S/c1-13(2,3)18-12(15)9-14-19(16)11-7-5-10(17-4)6-8-11/h5-8,14H,9H2,1-4H3. The van der Waals surface area contributed by atoms with E-state index in [1.807, 2.05) is 0 Å². The number of carbonyl (C=O) groups is 1. The molecule has 0 fully saturated rings. The predicted molar refractivity (Wildman–Crippen MR) is 73.3 cm³/mol. The van der Waals surface area contributed by atoms with Crippen LogP contribution in [0.5, 0.6) is 5.75 Å². The van der Waals surface area contributed by atoms with E-state index >= 15 is 0 Å². The summed E-state index contributed by atoms with van der Waals surface area (Å²) >= 11 is 0. The molecule has 0 radical (unpaired) electrons. The lowest BCUT2D eigenvalue weighted by molar-refractivity contribution is -0.153. The molecule has 0 spiro atoms. The molecule has 0 aromatic heterocycles. The molecule has 5 nitrogen and oxygen atoms in total. The third-order valence-electron chi connectivity index (χ3n) is 2.04. The summed E-state index contributed by atoms with van der Waals surface area (Å²) in [6.07, 6.45) is 0. The van der Waals surface area contributed by atoms with Gasteiger partial charge in [-0.05, 0) is 45.0 Å². The monoisotopic (exact) mass is 285 g/mol. The van der Waals surface area contributed by atoms with Gasteiger partial charge >= 0.3 is 5.97 Å². The number of hydrogen-bond acceptors (Lipinski definition) is 4. The van der Waals surface area contributed by atoms with Crippen LogP contribution in [0.15, 0.2) is 29.2 Å². The topological polar surface area (TPSA) is 64.6 Å². The molecule has 1 aromatic carbocycles. The molecule has 0 bridgehead atoms. The SMILES string of the molecule is COc1ccc(S(=O)NCC(=O)OC(C)(C)C)cc1. The van der Waals surface area contributed by atoms with Crippen LogP contribution < -0.4 is 9.46 Å². The van der Waals surface area contributed by atoms with Gasteiger partial charge in [0.15, 0.2) is 0 Å². The molecule has 0 heterocycles. The molecule has 19 heavy (non-hydrogen) atoms. The molecule has 0 saturated carbocycles. The van der Waals surface area contributed by atoms with Crippen LogP contribution in [0.25, 0.3) is 0 Å². The number of methoxy groups -OCH3 is 1. The Morgan fingerprint density at radius 1 is 1.26 bits per heavy atom.